The minimum atomic E-state index is 0.173. The largest absolute Gasteiger partial charge is 0.359 e. The van der Waals surface area contributed by atoms with Crippen LogP contribution in [0.3, 0.4) is 0 Å². The molecule has 1 aromatic rings. The van der Waals surface area contributed by atoms with Gasteiger partial charge in [0.25, 0.3) is 0 Å². The van der Waals surface area contributed by atoms with Gasteiger partial charge in [-0.3, -0.25) is 0 Å². The number of thioether (sulfide) groups is 1. The average Bonchev–Trinajstić information content (AvgIpc) is 2.28. The Morgan fingerprint density at radius 3 is 2.50 bits per heavy atom. The monoisotopic (exact) mass is 283 g/mol. The molecular weight excluding hydrogens is 262 g/mol. The van der Waals surface area contributed by atoms with Crippen LogP contribution in [0.25, 0.3) is 0 Å². The Morgan fingerprint density at radius 1 is 1.39 bits per heavy atom. The summed E-state index contributed by atoms with van der Waals surface area (Å²) in [6.07, 6.45) is 3.80. The first-order valence-electron chi connectivity index (χ1n) is 5.90. The van der Waals surface area contributed by atoms with E-state index in [0.717, 1.165) is 10.7 Å². The molecule has 100 valence electrons. The highest BCUT2D eigenvalue weighted by atomic mass is 32.2. The van der Waals surface area contributed by atoms with Crippen molar-refractivity contribution in [3.05, 3.63) is 18.3 Å². The summed E-state index contributed by atoms with van der Waals surface area (Å²) in [7, 11) is 0. The second-order valence-electron chi connectivity index (χ2n) is 5.28. The lowest BCUT2D eigenvalue weighted by atomic mass is 9.88. The molecule has 0 aliphatic rings. The van der Waals surface area contributed by atoms with Crippen molar-refractivity contribution in [3.63, 3.8) is 0 Å². The first-order valence-corrected chi connectivity index (χ1v) is 7.54. The Hall–Kier alpha value is -0.810. The Morgan fingerprint density at radius 2 is 2.06 bits per heavy atom. The van der Waals surface area contributed by atoms with Gasteiger partial charge in [0.15, 0.2) is 5.11 Å². The molecule has 0 bridgehead atoms. The van der Waals surface area contributed by atoms with Gasteiger partial charge in [0.2, 0.25) is 0 Å². The quantitative estimate of drug-likeness (QED) is 0.656. The van der Waals surface area contributed by atoms with Crippen molar-refractivity contribution in [3.8, 4) is 0 Å². The van der Waals surface area contributed by atoms with Crippen LogP contribution in [0.1, 0.15) is 27.7 Å². The van der Waals surface area contributed by atoms with E-state index in [9.17, 15) is 0 Å². The van der Waals surface area contributed by atoms with Crippen LogP contribution >= 0.6 is 24.0 Å². The van der Waals surface area contributed by atoms with Crippen molar-refractivity contribution in [2.24, 2.45) is 5.41 Å². The van der Waals surface area contributed by atoms with Crippen molar-refractivity contribution in [2.45, 2.75) is 38.8 Å². The van der Waals surface area contributed by atoms with E-state index in [1.54, 1.807) is 18.0 Å². The first-order chi connectivity index (χ1) is 8.32. The van der Waals surface area contributed by atoms with Gasteiger partial charge in [-0.05, 0) is 42.9 Å². The minimum Gasteiger partial charge on any atom is -0.359 e. The molecule has 0 fully saturated rings. The highest BCUT2D eigenvalue weighted by molar-refractivity contribution is 7.98. The normalized spacial score (nSPS) is 12.9. The molecule has 0 aromatic carbocycles. The van der Waals surface area contributed by atoms with Gasteiger partial charge in [0, 0.05) is 6.04 Å². The molecule has 1 atom stereocenters. The maximum absolute atomic E-state index is 5.29. The summed E-state index contributed by atoms with van der Waals surface area (Å²) in [4.78, 5) is 4.29. The number of aromatic nitrogens is 1. The summed E-state index contributed by atoms with van der Waals surface area (Å²) in [5, 5.41) is 8.07. The molecule has 1 aromatic heterocycles. The van der Waals surface area contributed by atoms with E-state index in [-0.39, 0.29) is 5.41 Å². The second-order valence-corrected chi connectivity index (χ2v) is 6.51. The number of hydrogen-bond acceptors (Lipinski definition) is 3. The lowest BCUT2D eigenvalue weighted by Crippen LogP contribution is -2.43. The zero-order valence-electron chi connectivity index (χ0n) is 11.6. The predicted octanol–water partition coefficient (Wildman–Crippen LogP) is 3.52. The first kappa shape index (κ1) is 15.2. The van der Waals surface area contributed by atoms with E-state index in [0.29, 0.717) is 11.2 Å². The van der Waals surface area contributed by atoms with Crippen LogP contribution in [0.4, 0.5) is 5.69 Å². The highest BCUT2D eigenvalue weighted by Crippen LogP contribution is 2.19. The molecular formula is C13H21N3S2. The fourth-order valence-electron chi connectivity index (χ4n) is 1.16. The number of rotatable bonds is 3. The zero-order chi connectivity index (χ0) is 13.8. The Bertz CT molecular complexity index is 396. The Balaban J connectivity index is 2.54. The van der Waals surface area contributed by atoms with Crippen molar-refractivity contribution in [1.29, 1.82) is 0 Å². The molecule has 5 heteroatoms. The molecule has 0 saturated heterocycles. The Kier molecular flexibility index (Phi) is 5.41. The number of hydrogen-bond donors (Lipinski definition) is 2. The third kappa shape index (κ3) is 4.82. The molecule has 1 rings (SSSR count). The predicted molar refractivity (Wildman–Crippen MR) is 84.3 cm³/mol. The molecule has 0 spiro atoms. The second kappa shape index (κ2) is 6.38. The summed E-state index contributed by atoms with van der Waals surface area (Å²) < 4.78 is 0. The molecule has 0 radical (unpaired) electrons. The highest BCUT2D eigenvalue weighted by Gasteiger charge is 2.20. The fourth-order valence-corrected chi connectivity index (χ4v) is 1.81. The van der Waals surface area contributed by atoms with Gasteiger partial charge in [0.1, 0.15) is 0 Å². The molecule has 1 unspecified atom stereocenters. The molecule has 0 amide bonds. The lowest BCUT2D eigenvalue weighted by molar-refractivity contribution is 0.317. The summed E-state index contributed by atoms with van der Waals surface area (Å²) in [5.41, 5.74) is 1.08. The van der Waals surface area contributed by atoms with E-state index in [1.807, 2.05) is 18.4 Å². The van der Waals surface area contributed by atoms with Gasteiger partial charge >= 0.3 is 0 Å². The van der Waals surface area contributed by atoms with Gasteiger partial charge in [-0.2, -0.15) is 0 Å². The van der Waals surface area contributed by atoms with Gasteiger partial charge in [-0.15, -0.1) is 11.8 Å². The van der Waals surface area contributed by atoms with Crippen molar-refractivity contribution in [1.82, 2.24) is 10.3 Å². The SMILES string of the molecule is CSc1ccc(NC(=S)NC(C)C(C)(C)C)cn1. The zero-order valence-corrected chi connectivity index (χ0v) is 13.2. The maximum Gasteiger partial charge on any atom is 0.171 e. The molecule has 3 nitrogen and oxygen atoms in total. The van der Waals surface area contributed by atoms with E-state index >= 15 is 0 Å². The fraction of sp³-hybridized carbons (Fsp3) is 0.538. The topological polar surface area (TPSA) is 37.0 Å². The average molecular weight is 283 g/mol. The standard InChI is InChI=1S/C13H21N3S2/c1-9(13(2,3)4)15-12(17)16-10-6-7-11(18-5)14-8-10/h6-9H,1-5H3,(H2,15,16,17). The molecule has 18 heavy (non-hydrogen) atoms. The van der Waals surface area contributed by atoms with Crippen LogP contribution in [0.5, 0.6) is 0 Å². The number of thiocarbonyl (C=S) groups is 1. The molecule has 0 aliphatic heterocycles. The van der Waals surface area contributed by atoms with Crippen LogP contribution in [0, 0.1) is 5.41 Å². The van der Waals surface area contributed by atoms with Crippen LogP contribution in [-0.2, 0) is 0 Å². The summed E-state index contributed by atoms with van der Waals surface area (Å²) >= 11 is 6.91. The molecule has 0 saturated carbocycles. The van der Waals surface area contributed by atoms with Gasteiger partial charge in [-0.1, -0.05) is 20.8 Å². The smallest absolute Gasteiger partial charge is 0.171 e. The maximum atomic E-state index is 5.29. The lowest BCUT2D eigenvalue weighted by Gasteiger charge is -2.29. The van der Waals surface area contributed by atoms with Crippen molar-refractivity contribution < 1.29 is 0 Å². The van der Waals surface area contributed by atoms with Gasteiger partial charge in [-0.25, -0.2) is 4.98 Å². The third-order valence-electron chi connectivity index (χ3n) is 2.85. The van der Waals surface area contributed by atoms with Gasteiger partial charge in [0.05, 0.1) is 16.9 Å². The van der Waals surface area contributed by atoms with Gasteiger partial charge < -0.3 is 10.6 Å². The van der Waals surface area contributed by atoms with Crippen LogP contribution in [-0.4, -0.2) is 22.4 Å². The summed E-state index contributed by atoms with van der Waals surface area (Å²) in [6.45, 7) is 8.68. The minimum absolute atomic E-state index is 0.173. The molecule has 0 aliphatic carbocycles. The summed E-state index contributed by atoms with van der Waals surface area (Å²) in [6, 6.07) is 4.26. The van der Waals surface area contributed by atoms with Crippen LogP contribution in [0.2, 0.25) is 0 Å². The number of pyridine rings is 1. The summed E-state index contributed by atoms with van der Waals surface area (Å²) in [5.74, 6) is 0. The molecule has 2 N–H and O–H groups in total. The number of anilines is 1. The van der Waals surface area contributed by atoms with Crippen molar-refractivity contribution in [2.75, 3.05) is 11.6 Å². The van der Waals surface area contributed by atoms with Crippen molar-refractivity contribution >= 4 is 34.8 Å². The number of nitrogens with zero attached hydrogens (tertiary/aromatic N) is 1. The van der Waals surface area contributed by atoms with E-state index < -0.39 is 0 Å². The molecule has 1 heterocycles. The van der Waals surface area contributed by atoms with E-state index in [2.05, 4.69) is 43.3 Å². The van der Waals surface area contributed by atoms with E-state index in [4.69, 9.17) is 12.2 Å². The van der Waals surface area contributed by atoms with E-state index in [1.165, 1.54) is 0 Å². The third-order valence-corrected chi connectivity index (χ3v) is 3.73. The van der Waals surface area contributed by atoms with Crippen LogP contribution < -0.4 is 10.6 Å². The van der Waals surface area contributed by atoms with Crippen LogP contribution in [0.15, 0.2) is 23.4 Å². The Labute approximate surface area is 119 Å². The number of nitrogens with one attached hydrogen (secondary N) is 2.